The topological polar surface area (TPSA) is 55.6 Å². The van der Waals surface area contributed by atoms with Crippen LogP contribution >= 0.6 is 0 Å². The Balaban J connectivity index is 1.94. The molecule has 32 heavy (non-hydrogen) atoms. The fourth-order valence-electron chi connectivity index (χ4n) is 3.58. The lowest BCUT2D eigenvalue weighted by Crippen LogP contribution is -2.45. The molecule has 0 saturated carbocycles. The minimum Gasteiger partial charge on any atom is -0.415 e. The van der Waals surface area contributed by atoms with Crippen LogP contribution in [0.3, 0.4) is 0 Å². The predicted molar refractivity (Wildman–Crippen MR) is 132 cm³/mol. The van der Waals surface area contributed by atoms with Gasteiger partial charge >= 0.3 is 0 Å². The highest BCUT2D eigenvalue weighted by molar-refractivity contribution is 6.74. The van der Waals surface area contributed by atoms with Gasteiger partial charge in [-0.15, -0.1) is 0 Å². The van der Waals surface area contributed by atoms with Crippen LogP contribution in [0.5, 0.6) is 0 Å². The molecule has 3 rings (SSSR count). The van der Waals surface area contributed by atoms with Crippen molar-refractivity contribution >= 4 is 25.5 Å². The van der Waals surface area contributed by atoms with Crippen LogP contribution in [-0.2, 0) is 4.43 Å². The summed E-state index contributed by atoms with van der Waals surface area (Å²) in [5.41, 5.74) is 11.2. The van der Waals surface area contributed by atoms with Crippen molar-refractivity contribution in [1.82, 2.24) is 4.90 Å². The lowest BCUT2D eigenvalue weighted by atomic mass is 10.0. The molecule has 0 radical (unpaired) electrons. The number of anilines is 1. The van der Waals surface area contributed by atoms with E-state index in [1.54, 1.807) is 17.0 Å². The fourth-order valence-corrected chi connectivity index (χ4v) is 4.62. The van der Waals surface area contributed by atoms with Gasteiger partial charge < -0.3 is 15.1 Å². The van der Waals surface area contributed by atoms with Crippen molar-refractivity contribution in [2.45, 2.75) is 65.2 Å². The van der Waals surface area contributed by atoms with E-state index in [0.29, 0.717) is 24.3 Å². The number of aryl methyl sites for hydroxylation is 2. The van der Waals surface area contributed by atoms with E-state index < -0.39 is 8.32 Å². The van der Waals surface area contributed by atoms with Crippen LogP contribution in [0.4, 0.5) is 10.1 Å². The zero-order valence-corrected chi connectivity index (χ0v) is 21.3. The zero-order chi connectivity index (χ0) is 23.8. The molecule has 0 aromatic heterocycles. The normalized spacial score (nSPS) is 16.9. The summed E-state index contributed by atoms with van der Waals surface area (Å²) in [5, 5.41) is 0.0756. The molecule has 1 aliphatic heterocycles. The molecule has 0 saturated heterocycles. The summed E-state index contributed by atoms with van der Waals surface area (Å²) in [4.78, 5) is 15.3. The van der Waals surface area contributed by atoms with Gasteiger partial charge in [0.25, 0.3) is 5.91 Å². The van der Waals surface area contributed by atoms with Crippen molar-refractivity contribution in [3.05, 3.63) is 70.7 Å². The van der Waals surface area contributed by atoms with Crippen LogP contribution in [0, 0.1) is 19.7 Å². The third-order valence-corrected chi connectivity index (χ3v) is 11.4. The van der Waals surface area contributed by atoms with Crippen molar-refractivity contribution in [2.75, 3.05) is 12.3 Å². The molecule has 0 aliphatic carbocycles. The quantitative estimate of drug-likeness (QED) is 0.426. The van der Waals surface area contributed by atoms with E-state index in [4.69, 9.17) is 10.2 Å². The van der Waals surface area contributed by atoms with Crippen LogP contribution < -0.4 is 5.73 Å². The van der Waals surface area contributed by atoms with E-state index >= 15 is 0 Å². The lowest BCUT2D eigenvalue weighted by Gasteiger charge is -2.38. The first kappa shape index (κ1) is 24.2. The number of halogens is 1. The van der Waals surface area contributed by atoms with Gasteiger partial charge in [0, 0.05) is 11.9 Å². The maximum absolute atomic E-state index is 13.6. The van der Waals surface area contributed by atoms with E-state index in [2.05, 4.69) is 33.9 Å². The molecule has 4 nitrogen and oxygen atoms in total. The zero-order valence-electron chi connectivity index (χ0n) is 20.3. The molecule has 0 unspecified atom stereocenters. The molecule has 0 fully saturated rings. The number of nitrogens with two attached hydrogens (primary N) is 1. The van der Waals surface area contributed by atoms with Gasteiger partial charge in [-0.2, -0.15) is 0 Å². The van der Waals surface area contributed by atoms with Crippen LogP contribution in [0.1, 0.15) is 54.2 Å². The monoisotopic (exact) mass is 454 g/mol. The average molecular weight is 455 g/mol. The molecule has 1 amide bonds. The Morgan fingerprint density at radius 3 is 2.34 bits per heavy atom. The van der Waals surface area contributed by atoms with Crippen LogP contribution in [0.2, 0.25) is 18.1 Å². The molecule has 2 aromatic carbocycles. The second-order valence-electron chi connectivity index (χ2n) is 10.3. The SMILES string of the molecule is Cc1cc(N)c(C(=O)N2C=C(c3ccc(F)cc3)C[C@H]2CO[Si](C)(C)C(C)(C)C)cc1C. The standard InChI is InChI=1S/C26H35FN2O2Si/c1-17-12-23(24(28)13-18(17)2)25(30)29-15-20(19-8-10-21(27)11-9-19)14-22(29)16-31-32(6,7)26(3,4)5/h8-13,15,22H,14,16,28H2,1-7H3/t22-/m0/s1. The first-order chi connectivity index (χ1) is 14.8. The largest absolute Gasteiger partial charge is 0.415 e. The van der Waals surface area contributed by atoms with Crippen molar-refractivity contribution in [2.24, 2.45) is 0 Å². The first-order valence-corrected chi connectivity index (χ1v) is 14.0. The van der Waals surface area contributed by atoms with Gasteiger partial charge in [0.2, 0.25) is 0 Å². The van der Waals surface area contributed by atoms with E-state index in [1.165, 1.54) is 12.1 Å². The third kappa shape index (κ3) is 4.97. The molecule has 1 aliphatic rings. The first-order valence-electron chi connectivity index (χ1n) is 11.1. The Morgan fingerprint density at radius 1 is 1.16 bits per heavy atom. The maximum Gasteiger partial charge on any atom is 0.260 e. The smallest absolute Gasteiger partial charge is 0.260 e. The second-order valence-corrected chi connectivity index (χ2v) is 15.1. The Bertz CT molecular complexity index is 1040. The summed E-state index contributed by atoms with van der Waals surface area (Å²) >= 11 is 0. The van der Waals surface area contributed by atoms with E-state index in [9.17, 15) is 9.18 Å². The van der Waals surface area contributed by atoms with Gasteiger partial charge in [0.05, 0.1) is 18.2 Å². The summed E-state index contributed by atoms with van der Waals surface area (Å²) in [6.07, 6.45) is 2.53. The number of carbonyl (C=O) groups excluding carboxylic acids is 1. The predicted octanol–water partition coefficient (Wildman–Crippen LogP) is 6.30. The van der Waals surface area contributed by atoms with E-state index in [0.717, 1.165) is 22.3 Å². The van der Waals surface area contributed by atoms with Gasteiger partial charge in [-0.3, -0.25) is 4.79 Å². The van der Waals surface area contributed by atoms with E-state index in [-0.39, 0.29) is 22.8 Å². The van der Waals surface area contributed by atoms with Crippen LogP contribution in [0.25, 0.3) is 5.57 Å². The summed E-state index contributed by atoms with van der Waals surface area (Å²) in [7, 11) is -1.99. The fraction of sp³-hybridized carbons (Fsp3) is 0.423. The van der Waals surface area contributed by atoms with Crippen molar-refractivity contribution < 1.29 is 13.6 Å². The van der Waals surface area contributed by atoms with E-state index in [1.807, 2.05) is 32.2 Å². The number of nitrogens with zero attached hydrogens (tertiary/aromatic N) is 1. The summed E-state index contributed by atoms with van der Waals surface area (Å²) in [6.45, 7) is 15.4. The number of hydrogen-bond donors (Lipinski definition) is 1. The second kappa shape index (κ2) is 8.83. The van der Waals surface area contributed by atoms with Crippen molar-refractivity contribution in [3.63, 3.8) is 0 Å². The van der Waals surface area contributed by atoms with Crippen LogP contribution in [0.15, 0.2) is 42.6 Å². The number of nitrogen functional groups attached to an aromatic ring is 1. The molecule has 172 valence electrons. The molecular weight excluding hydrogens is 419 g/mol. The van der Waals surface area contributed by atoms with Gasteiger partial charge in [-0.1, -0.05) is 32.9 Å². The van der Waals surface area contributed by atoms with Crippen molar-refractivity contribution in [3.8, 4) is 0 Å². The summed E-state index contributed by atoms with van der Waals surface area (Å²) in [5.74, 6) is -0.410. The number of amides is 1. The highest BCUT2D eigenvalue weighted by atomic mass is 28.4. The van der Waals surface area contributed by atoms with Gasteiger partial charge in [0.15, 0.2) is 8.32 Å². The Kier molecular flexibility index (Phi) is 6.68. The highest BCUT2D eigenvalue weighted by Crippen LogP contribution is 2.38. The molecule has 1 heterocycles. The molecule has 1 atom stereocenters. The Labute approximate surface area is 192 Å². The number of hydrogen-bond acceptors (Lipinski definition) is 3. The molecule has 6 heteroatoms. The van der Waals surface area contributed by atoms with Gasteiger partial charge in [-0.25, -0.2) is 4.39 Å². The molecule has 2 aromatic rings. The average Bonchev–Trinajstić information content (AvgIpc) is 3.12. The van der Waals surface area contributed by atoms with Crippen LogP contribution in [-0.4, -0.2) is 31.8 Å². The molecule has 2 N–H and O–H groups in total. The van der Waals surface area contributed by atoms with Gasteiger partial charge in [-0.05, 0) is 84.9 Å². The highest BCUT2D eigenvalue weighted by Gasteiger charge is 2.39. The number of carbonyl (C=O) groups is 1. The summed E-state index contributed by atoms with van der Waals surface area (Å²) in [6, 6.07) is 9.98. The number of rotatable bonds is 5. The Hall–Kier alpha value is -2.44. The molecule has 0 spiro atoms. The third-order valence-electron chi connectivity index (χ3n) is 6.93. The lowest BCUT2D eigenvalue weighted by molar-refractivity contribution is 0.0739. The Morgan fingerprint density at radius 2 is 1.75 bits per heavy atom. The summed E-state index contributed by atoms with van der Waals surface area (Å²) < 4.78 is 19.9. The maximum atomic E-state index is 13.6. The number of benzene rings is 2. The minimum absolute atomic E-state index is 0.0756. The molecular formula is C26H35FN2O2Si. The van der Waals surface area contributed by atoms with Gasteiger partial charge in [0.1, 0.15) is 5.82 Å². The minimum atomic E-state index is -1.99. The molecule has 0 bridgehead atoms. The van der Waals surface area contributed by atoms with Crippen molar-refractivity contribution in [1.29, 1.82) is 0 Å².